The van der Waals surface area contributed by atoms with E-state index in [0.717, 1.165) is 18.2 Å². The van der Waals surface area contributed by atoms with Gasteiger partial charge >= 0.3 is 0 Å². The van der Waals surface area contributed by atoms with E-state index >= 15 is 0 Å². The second kappa shape index (κ2) is 7.56. The molecule has 0 aliphatic rings. The summed E-state index contributed by atoms with van der Waals surface area (Å²) in [7, 11) is 0. The molecule has 0 unspecified atom stereocenters. The van der Waals surface area contributed by atoms with E-state index in [1.165, 1.54) is 11.1 Å². The van der Waals surface area contributed by atoms with Gasteiger partial charge in [0.05, 0.1) is 6.61 Å². The van der Waals surface area contributed by atoms with E-state index in [2.05, 4.69) is 28.9 Å². The molecule has 0 aliphatic carbocycles. The first kappa shape index (κ1) is 11.9. The Bertz CT molecular complexity index is 171. The van der Waals surface area contributed by atoms with E-state index in [-0.39, 0.29) is 6.61 Å². The molecule has 0 saturated heterocycles. The number of halogens is 1. The zero-order valence-electron chi connectivity index (χ0n) is 7.81. The van der Waals surface area contributed by atoms with Crippen LogP contribution in [0.4, 0.5) is 0 Å². The predicted octanol–water partition coefficient (Wildman–Crippen LogP) is 3.05. The number of rotatable bonds is 5. The lowest BCUT2D eigenvalue weighted by atomic mass is 10.1. The van der Waals surface area contributed by atoms with E-state index in [9.17, 15) is 0 Å². The van der Waals surface area contributed by atoms with Gasteiger partial charge in [-0.05, 0) is 26.7 Å². The van der Waals surface area contributed by atoms with Crippen molar-refractivity contribution in [1.29, 1.82) is 0 Å². The standard InChI is InChI=1S/C10H17BrO/c1-9(6-7-12)4-3-5-10(2)8-11/h5-6,12H,3-4,7-8H2,1-2H3/b9-6+,10-5?. The summed E-state index contributed by atoms with van der Waals surface area (Å²) in [5.74, 6) is 0. The first-order valence-corrected chi connectivity index (χ1v) is 5.31. The molecule has 0 aromatic heterocycles. The molecule has 0 bridgehead atoms. The van der Waals surface area contributed by atoms with E-state index in [1.807, 2.05) is 13.0 Å². The summed E-state index contributed by atoms with van der Waals surface area (Å²) < 4.78 is 0. The first-order chi connectivity index (χ1) is 5.70. The smallest absolute Gasteiger partial charge is 0.0614 e. The van der Waals surface area contributed by atoms with Gasteiger partial charge in [0.15, 0.2) is 0 Å². The summed E-state index contributed by atoms with van der Waals surface area (Å²) in [6, 6.07) is 0. The minimum Gasteiger partial charge on any atom is -0.392 e. The molecule has 0 aromatic rings. The molecule has 70 valence electrons. The van der Waals surface area contributed by atoms with Gasteiger partial charge in [0.1, 0.15) is 0 Å². The Morgan fingerprint density at radius 3 is 2.42 bits per heavy atom. The highest BCUT2D eigenvalue weighted by Gasteiger charge is 1.88. The summed E-state index contributed by atoms with van der Waals surface area (Å²) in [6.45, 7) is 4.32. The van der Waals surface area contributed by atoms with E-state index in [1.54, 1.807) is 0 Å². The van der Waals surface area contributed by atoms with Crippen LogP contribution in [0.5, 0.6) is 0 Å². The van der Waals surface area contributed by atoms with Gasteiger partial charge in [0.25, 0.3) is 0 Å². The van der Waals surface area contributed by atoms with Crippen molar-refractivity contribution in [2.75, 3.05) is 11.9 Å². The average molecular weight is 233 g/mol. The Labute approximate surface area is 83.3 Å². The monoisotopic (exact) mass is 232 g/mol. The molecule has 0 rings (SSSR count). The van der Waals surface area contributed by atoms with Crippen molar-refractivity contribution in [2.24, 2.45) is 0 Å². The molecule has 1 nitrogen and oxygen atoms in total. The summed E-state index contributed by atoms with van der Waals surface area (Å²) in [4.78, 5) is 0. The van der Waals surface area contributed by atoms with Crippen LogP contribution >= 0.6 is 15.9 Å². The molecule has 0 fully saturated rings. The Hall–Kier alpha value is -0.0800. The molecule has 1 N–H and O–H groups in total. The number of alkyl halides is 1. The second-order valence-corrected chi connectivity index (χ2v) is 3.52. The lowest BCUT2D eigenvalue weighted by molar-refractivity contribution is 0.341. The van der Waals surface area contributed by atoms with Crippen LogP contribution in [-0.4, -0.2) is 17.0 Å². The third-order valence-electron chi connectivity index (χ3n) is 1.68. The van der Waals surface area contributed by atoms with Crippen LogP contribution in [0.3, 0.4) is 0 Å². The normalized spacial score (nSPS) is 13.7. The van der Waals surface area contributed by atoms with Crippen LogP contribution in [0.2, 0.25) is 0 Å². The Morgan fingerprint density at radius 1 is 1.25 bits per heavy atom. The van der Waals surface area contributed by atoms with E-state index in [4.69, 9.17) is 5.11 Å². The SMILES string of the molecule is CC(=CCC/C(C)=C/CO)CBr. The van der Waals surface area contributed by atoms with Crippen LogP contribution in [0.1, 0.15) is 26.7 Å². The fourth-order valence-corrected chi connectivity index (χ4v) is 1.09. The van der Waals surface area contributed by atoms with Crippen molar-refractivity contribution in [2.45, 2.75) is 26.7 Å². The zero-order chi connectivity index (χ0) is 9.40. The molecule has 12 heavy (non-hydrogen) atoms. The average Bonchev–Trinajstić information content (AvgIpc) is 2.04. The van der Waals surface area contributed by atoms with Crippen molar-refractivity contribution < 1.29 is 5.11 Å². The molecular weight excluding hydrogens is 216 g/mol. The van der Waals surface area contributed by atoms with Crippen LogP contribution < -0.4 is 0 Å². The maximum absolute atomic E-state index is 8.59. The van der Waals surface area contributed by atoms with Crippen molar-refractivity contribution >= 4 is 15.9 Å². The van der Waals surface area contributed by atoms with Crippen LogP contribution in [-0.2, 0) is 0 Å². The van der Waals surface area contributed by atoms with Crippen LogP contribution in [0, 0.1) is 0 Å². The van der Waals surface area contributed by atoms with Gasteiger partial charge in [0, 0.05) is 5.33 Å². The third kappa shape index (κ3) is 6.62. The molecule has 2 heteroatoms. The molecule has 0 atom stereocenters. The van der Waals surface area contributed by atoms with E-state index < -0.39 is 0 Å². The summed E-state index contributed by atoms with van der Waals surface area (Å²) in [5, 5.41) is 9.55. The zero-order valence-corrected chi connectivity index (χ0v) is 9.39. The molecule has 0 amide bonds. The Balaban J connectivity index is 3.62. The van der Waals surface area contributed by atoms with Gasteiger partial charge in [-0.3, -0.25) is 0 Å². The largest absolute Gasteiger partial charge is 0.392 e. The maximum Gasteiger partial charge on any atom is 0.0614 e. The molecule has 0 spiro atoms. The van der Waals surface area contributed by atoms with Gasteiger partial charge in [-0.1, -0.05) is 39.2 Å². The number of aliphatic hydroxyl groups excluding tert-OH is 1. The fourth-order valence-electron chi connectivity index (χ4n) is 0.859. The second-order valence-electron chi connectivity index (χ2n) is 2.96. The highest BCUT2D eigenvalue weighted by molar-refractivity contribution is 9.09. The van der Waals surface area contributed by atoms with Crippen molar-refractivity contribution in [3.05, 3.63) is 23.3 Å². The molecular formula is C10H17BrO. The summed E-state index contributed by atoms with van der Waals surface area (Å²) >= 11 is 3.39. The van der Waals surface area contributed by atoms with E-state index in [0.29, 0.717) is 0 Å². The lowest BCUT2D eigenvalue weighted by Crippen LogP contribution is -1.82. The molecule has 0 radical (unpaired) electrons. The maximum atomic E-state index is 8.59. The van der Waals surface area contributed by atoms with Crippen LogP contribution in [0.15, 0.2) is 23.3 Å². The van der Waals surface area contributed by atoms with Gasteiger partial charge < -0.3 is 5.11 Å². The van der Waals surface area contributed by atoms with Gasteiger partial charge in [0.2, 0.25) is 0 Å². The topological polar surface area (TPSA) is 20.2 Å². The van der Waals surface area contributed by atoms with Crippen molar-refractivity contribution in [1.82, 2.24) is 0 Å². The number of hydrogen-bond acceptors (Lipinski definition) is 1. The van der Waals surface area contributed by atoms with Gasteiger partial charge in [-0.2, -0.15) is 0 Å². The number of aliphatic hydroxyl groups is 1. The Kier molecular flexibility index (Phi) is 7.51. The number of hydrogen-bond donors (Lipinski definition) is 1. The summed E-state index contributed by atoms with van der Waals surface area (Å²) in [6.07, 6.45) is 6.20. The molecule has 0 aliphatic heterocycles. The van der Waals surface area contributed by atoms with Crippen LogP contribution in [0.25, 0.3) is 0 Å². The molecule has 0 saturated carbocycles. The lowest BCUT2D eigenvalue weighted by Gasteiger charge is -1.97. The highest BCUT2D eigenvalue weighted by atomic mass is 79.9. The predicted molar refractivity (Wildman–Crippen MR) is 57.6 cm³/mol. The van der Waals surface area contributed by atoms with Gasteiger partial charge in [-0.15, -0.1) is 0 Å². The van der Waals surface area contributed by atoms with Crippen molar-refractivity contribution in [3.63, 3.8) is 0 Å². The first-order valence-electron chi connectivity index (χ1n) is 4.18. The summed E-state index contributed by atoms with van der Waals surface area (Å²) in [5.41, 5.74) is 2.63. The number of allylic oxidation sites excluding steroid dienone is 3. The fraction of sp³-hybridized carbons (Fsp3) is 0.600. The van der Waals surface area contributed by atoms with Crippen molar-refractivity contribution in [3.8, 4) is 0 Å². The van der Waals surface area contributed by atoms with Gasteiger partial charge in [-0.25, -0.2) is 0 Å². The highest BCUT2D eigenvalue weighted by Crippen LogP contribution is 2.07. The minimum absolute atomic E-state index is 0.160. The quantitative estimate of drug-likeness (QED) is 0.571. The third-order valence-corrected chi connectivity index (χ3v) is 2.57. The molecule has 0 heterocycles. The molecule has 0 aromatic carbocycles. The Morgan fingerprint density at radius 2 is 1.92 bits per heavy atom. The minimum atomic E-state index is 0.160.